The van der Waals surface area contributed by atoms with Crippen LogP contribution in [0.3, 0.4) is 0 Å². The van der Waals surface area contributed by atoms with Crippen molar-refractivity contribution in [2.24, 2.45) is 0 Å². The summed E-state index contributed by atoms with van der Waals surface area (Å²) in [6.07, 6.45) is 1.05. The number of rotatable bonds is 4. The lowest BCUT2D eigenvalue weighted by molar-refractivity contribution is -0.133. The quantitative estimate of drug-likeness (QED) is 0.856. The third-order valence-corrected chi connectivity index (χ3v) is 3.52. The Kier molecular flexibility index (Phi) is 4.01. The Labute approximate surface area is 108 Å². The average molecular weight is 250 g/mol. The van der Waals surface area contributed by atoms with E-state index in [9.17, 15) is 4.79 Å². The van der Waals surface area contributed by atoms with Crippen molar-refractivity contribution in [1.82, 2.24) is 20.0 Å². The van der Waals surface area contributed by atoms with Gasteiger partial charge in [0.05, 0.1) is 5.69 Å². The van der Waals surface area contributed by atoms with E-state index in [-0.39, 0.29) is 5.91 Å². The molecule has 5 heteroatoms. The van der Waals surface area contributed by atoms with Gasteiger partial charge >= 0.3 is 0 Å². The number of hydrogen-bond acceptors (Lipinski definition) is 3. The molecule has 0 radical (unpaired) electrons. The molecule has 1 aromatic rings. The number of aryl methyl sites for hydroxylation is 2. The molecule has 0 spiro atoms. The fourth-order valence-electron chi connectivity index (χ4n) is 2.60. The second kappa shape index (κ2) is 5.52. The van der Waals surface area contributed by atoms with Gasteiger partial charge in [0.2, 0.25) is 5.91 Å². The molecule has 1 amide bonds. The minimum absolute atomic E-state index is 0.164. The zero-order valence-electron chi connectivity index (χ0n) is 11.4. The lowest BCUT2D eigenvalue weighted by atomic mass is 10.2. The first-order chi connectivity index (χ1) is 8.61. The van der Waals surface area contributed by atoms with Crippen LogP contribution in [-0.2, 0) is 11.3 Å². The number of amides is 1. The second-order valence-corrected chi connectivity index (χ2v) is 4.91. The molecule has 2 rings (SSSR count). The molecule has 1 saturated heterocycles. The molecule has 0 aliphatic carbocycles. The largest absolute Gasteiger partial charge is 0.337 e. The Bertz CT molecular complexity index is 421. The summed E-state index contributed by atoms with van der Waals surface area (Å²) in [6, 6.07) is 2.35. The van der Waals surface area contributed by atoms with Crippen molar-refractivity contribution in [2.75, 3.05) is 19.6 Å². The first-order valence-electron chi connectivity index (χ1n) is 6.63. The van der Waals surface area contributed by atoms with Crippen LogP contribution < -0.4 is 5.32 Å². The molecule has 1 aliphatic heterocycles. The fraction of sp³-hybridized carbons (Fsp3) is 0.692. The number of nitrogens with one attached hydrogen (secondary N) is 1. The van der Waals surface area contributed by atoms with Crippen LogP contribution >= 0.6 is 0 Å². The molecular formula is C13H22N4O. The third kappa shape index (κ3) is 2.72. The highest BCUT2D eigenvalue weighted by molar-refractivity contribution is 5.76. The summed E-state index contributed by atoms with van der Waals surface area (Å²) in [5.74, 6) is 0.164. The monoisotopic (exact) mass is 250 g/mol. The van der Waals surface area contributed by atoms with Crippen LogP contribution in [0.15, 0.2) is 6.07 Å². The molecule has 18 heavy (non-hydrogen) atoms. The molecule has 0 bridgehead atoms. The number of carbonyl (C=O) groups excluding carboxylic acids is 1. The lowest BCUT2D eigenvalue weighted by Crippen LogP contribution is -2.43. The highest BCUT2D eigenvalue weighted by Crippen LogP contribution is 2.10. The van der Waals surface area contributed by atoms with Crippen molar-refractivity contribution >= 4 is 5.91 Å². The molecule has 1 fully saturated rings. The van der Waals surface area contributed by atoms with Gasteiger partial charge in [-0.25, -0.2) is 0 Å². The standard InChI is InChI=1S/C13H22N4O/c1-4-16(12-5-6-14-8-12)13(18)9-17-11(3)7-10(2)15-17/h7,12,14H,4-6,8-9H2,1-3H3. The van der Waals surface area contributed by atoms with Crippen molar-refractivity contribution in [1.29, 1.82) is 0 Å². The summed E-state index contributed by atoms with van der Waals surface area (Å²) in [4.78, 5) is 14.3. The molecular weight excluding hydrogens is 228 g/mol. The highest BCUT2D eigenvalue weighted by atomic mass is 16.2. The number of nitrogens with zero attached hydrogens (tertiary/aromatic N) is 3. The summed E-state index contributed by atoms with van der Waals surface area (Å²) >= 11 is 0. The van der Waals surface area contributed by atoms with Crippen molar-refractivity contribution in [3.05, 3.63) is 17.5 Å². The summed E-state index contributed by atoms with van der Waals surface area (Å²) in [6.45, 7) is 9.02. The van der Waals surface area contributed by atoms with Crippen LogP contribution in [0.4, 0.5) is 0 Å². The van der Waals surface area contributed by atoms with E-state index >= 15 is 0 Å². The van der Waals surface area contributed by atoms with E-state index in [1.54, 1.807) is 4.68 Å². The maximum Gasteiger partial charge on any atom is 0.244 e. The Hall–Kier alpha value is -1.36. The highest BCUT2D eigenvalue weighted by Gasteiger charge is 2.25. The van der Waals surface area contributed by atoms with Gasteiger partial charge in [-0.2, -0.15) is 5.10 Å². The lowest BCUT2D eigenvalue weighted by Gasteiger charge is -2.27. The predicted molar refractivity (Wildman–Crippen MR) is 70.4 cm³/mol. The van der Waals surface area contributed by atoms with Crippen molar-refractivity contribution in [3.8, 4) is 0 Å². The van der Waals surface area contributed by atoms with Crippen LogP contribution in [0.2, 0.25) is 0 Å². The minimum atomic E-state index is 0.164. The molecule has 0 saturated carbocycles. The first-order valence-corrected chi connectivity index (χ1v) is 6.63. The topological polar surface area (TPSA) is 50.2 Å². The van der Waals surface area contributed by atoms with E-state index in [1.165, 1.54) is 0 Å². The molecule has 1 aromatic heterocycles. The molecule has 5 nitrogen and oxygen atoms in total. The number of hydrogen-bond donors (Lipinski definition) is 1. The van der Waals surface area contributed by atoms with Gasteiger partial charge in [0.15, 0.2) is 0 Å². The third-order valence-electron chi connectivity index (χ3n) is 3.52. The molecule has 0 aromatic carbocycles. The Balaban J connectivity index is 2.03. The van der Waals surface area contributed by atoms with Gasteiger partial charge in [-0.05, 0) is 39.8 Å². The van der Waals surface area contributed by atoms with Gasteiger partial charge in [-0.3, -0.25) is 9.48 Å². The van der Waals surface area contributed by atoms with Crippen molar-refractivity contribution in [3.63, 3.8) is 0 Å². The molecule has 1 aliphatic rings. The average Bonchev–Trinajstić information content (AvgIpc) is 2.91. The zero-order chi connectivity index (χ0) is 13.1. The maximum absolute atomic E-state index is 12.3. The summed E-state index contributed by atoms with van der Waals surface area (Å²) in [7, 11) is 0. The molecule has 1 atom stereocenters. The van der Waals surface area contributed by atoms with E-state index in [4.69, 9.17) is 0 Å². The Morgan fingerprint density at radius 1 is 1.61 bits per heavy atom. The molecule has 1 unspecified atom stereocenters. The SMILES string of the molecule is CCN(C(=O)Cn1nc(C)cc1C)C1CCNC1. The molecule has 100 valence electrons. The summed E-state index contributed by atoms with van der Waals surface area (Å²) in [5, 5.41) is 7.65. The van der Waals surface area contributed by atoms with E-state index in [0.717, 1.165) is 37.4 Å². The predicted octanol–water partition coefficient (Wildman–Crippen LogP) is 0.710. The Morgan fingerprint density at radius 3 is 2.89 bits per heavy atom. The summed E-state index contributed by atoms with van der Waals surface area (Å²) in [5.41, 5.74) is 2.01. The van der Waals surface area contributed by atoms with Crippen LogP contribution in [0.25, 0.3) is 0 Å². The second-order valence-electron chi connectivity index (χ2n) is 4.91. The van der Waals surface area contributed by atoms with E-state index in [0.29, 0.717) is 12.6 Å². The van der Waals surface area contributed by atoms with Gasteiger partial charge in [-0.1, -0.05) is 0 Å². The van der Waals surface area contributed by atoms with Gasteiger partial charge in [0.1, 0.15) is 6.54 Å². The Morgan fingerprint density at radius 2 is 2.39 bits per heavy atom. The normalized spacial score (nSPS) is 19.2. The number of likely N-dealkylation sites (N-methyl/N-ethyl adjacent to an activating group) is 1. The molecule has 2 heterocycles. The first kappa shape index (κ1) is 13.1. The van der Waals surface area contributed by atoms with E-state index in [1.807, 2.05) is 31.7 Å². The zero-order valence-corrected chi connectivity index (χ0v) is 11.4. The van der Waals surface area contributed by atoms with Crippen LogP contribution in [0.1, 0.15) is 24.7 Å². The number of aromatic nitrogens is 2. The van der Waals surface area contributed by atoms with Crippen LogP contribution in [-0.4, -0.2) is 46.3 Å². The van der Waals surface area contributed by atoms with Gasteiger partial charge in [0.25, 0.3) is 0 Å². The van der Waals surface area contributed by atoms with Crippen LogP contribution in [0.5, 0.6) is 0 Å². The smallest absolute Gasteiger partial charge is 0.244 e. The van der Waals surface area contributed by atoms with Crippen molar-refractivity contribution < 1.29 is 4.79 Å². The van der Waals surface area contributed by atoms with Gasteiger partial charge < -0.3 is 10.2 Å². The summed E-state index contributed by atoms with van der Waals surface area (Å²) < 4.78 is 1.79. The van der Waals surface area contributed by atoms with Gasteiger partial charge in [0, 0.05) is 24.8 Å². The van der Waals surface area contributed by atoms with Crippen LogP contribution in [0, 0.1) is 13.8 Å². The maximum atomic E-state index is 12.3. The van der Waals surface area contributed by atoms with E-state index in [2.05, 4.69) is 10.4 Å². The van der Waals surface area contributed by atoms with Gasteiger partial charge in [-0.15, -0.1) is 0 Å². The fourth-order valence-corrected chi connectivity index (χ4v) is 2.60. The van der Waals surface area contributed by atoms with Crippen molar-refractivity contribution in [2.45, 2.75) is 39.8 Å². The molecule has 1 N–H and O–H groups in total. The van der Waals surface area contributed by atoms with E-state index < -0.39 is 0 Å². The minimum Gasteiger partial charge on any atom is -0.337 e. The number of carbonyl (C=O) groups is 1.